The zero-order chi connectivity index (χ0) is 20.9. The molecule has 150 valence electrons. The Morgan fingerprint density at radius 3 is 2.04 bits per heavy atom. The lowest BCUT2D eigenvalue weighted by molar-refractivity contribution is 0.0601. The van der Waals surface area contributed by atoms with Crippen molar-refractivity contribution in [3.63, 3.8) is 0 Å². The lowest BCUT2D eigenvalue weighted by Gasteiger charge is -2.15. The molecule has 0 heterocycles. The summed E-state index contributed by atoms with van der Waals surface area (Å²) in [6.07, 6.45) is 0. The van der Waals surface area contributed by atoms with E-state index in [1.807, 2.05) is 11.6 Å². The highest BCUT2D eigenvalue weighted by molar-refractivity contribution is 7.90. The minimum Gasteiger partial charge on any atom is -0.493 e. The van der Waals surface area contributed by atoms with E-state index < -0.39 is 22.0 Å². The smallest absolute Gasteiger partial charge is 0.340 e. The molecule has 0 fully saturated rings. The lowest BCUT2D eigenvalue weighted by Crippen LogP contribution is -2.34. The van der Waals surface area contributed by atoms with E-state index in [-0.39, 0.29) is 27.6 Å². The number of hydrogen-bond donors (Lipinski definition) is 2. The number of aryl methyl sites for hydroxylation is 1. The van der Waals surface area contributed by atoms with Crippen LogP contribution in [0.5, 0.6) is 11.5 Å². The fourth-order valence-electron chi connectivity index (χ4n) is 2.31. The van der Waals surface area contributed by atoms with E-state index in [0.717, 1.165) is 5.56 Å². The summed E-state index contributed by atoms with van der Waals surface area (Å²) >= 11 is 0. The maximum Gasteiger partial charge on any atom is 0.340 e. The number of urea groups is 1. The molecule has 0 bridgehead atoms. The molecule has 28 heavy (non-hydrogen) atoms. The molecular formula is C18H20N2O7S. The first-order valence-electron chi connectivity index (χ1n) is 7.96. The third-order valence-electron chi connectivity index (χ3n) is 3.74. The highest BCUT2D eigenvalue weighted by Gasteiger charge is 2.22. The average Bonchev–Trinajstić information content (AvgIpc) is 2.66. The first-order chi connectivity index (χ1) is 13.2. The lowest BCUT2D eigenvalue weighted by atomic mass is 10.1. The Kier molecular flexibility index (Phi) is 6.47. The zero-order valence-electron chi connectivity index (χ0n) is 15.7. The summed E-state index contributed by atoms with van der Waals surface area (Å²) in [5, 5.41) is 2.32. The third kappa shape index (κ3) is 4.71. The number of sulfonamides is 1. The van der Waals surface area contributed by atoms with Crippen molar-refractivity contribution in [1.82, 2.24) is 4.72 Å². The summed E-state index contributed by atoms with van der Waals surface area (Å²) in [6, 6.07) is 7.55. The molecule has 0 radical (unpaired) electrons. The Hall–Kier alpha value is -3.27. The van der Waals surface area contributed by atoms with Crippen molar-refractivity contribution in [2.75, 3.05) is 26.6 Å². The van der Waals surface area contributed by atoms with Crippen LogP contribution in [0.2, 0.25) is 0 Å². The fraction of sp³-hybridized carbons (Fsp3) is 0.222. The topological polar surface area (TPSA) is 120 Å². The van der Waals surface area contributed by atoms with Crippen LogP contribution in [0.1, 0.15) is 15.9 Å². The molecule has 0 saturated carbocycles. The van der Waals surface area contributed by atoms with Crippen LogP contribution in [0.25, 0.3) is 0 Å². The largest absolute Gasteiger partial charge is 0.493 e. The molecule has 0 unspecified atom stereocenters. The number of nitrogens with one attached hydrogen (secondary N) is 2. The van der Waals surface area contributed by atoms with Crippen molar-refractivity contribution in [3.8, 4) is 11.5 Å². The number of amides is 2. The Labute approximate surface area is 162 Å². The van der Waals surface area contributed by atoms with E-state index in [0.29, 0.717) is 0 Å². The van der Waals surface area contributed by atoms with Gasteiger partial charge in [-0.2, -0.15) is 0 Å². The number of methoxy groups -OCH3 is 3. The number of esters is 1. The Bertz CT molecular complexity index is 986. The van der Waals surface area contributed by atoms with Gasteiger partial charge in [-0.15, -0.1) is 0 Å². The van der Waals surface area contributed by atoms with Crippen molar-refractivity contribution in [1.29, 1.82) is 0 Å². The molecule has 10 heteroatoms. The quantitative estimate of drug-likeness (QED) is 0.704. The number of rotatable bonds is 6. The second-order valence-corrected chi connectivity index (χ2v) is 7.30. The van der Waals surface area contributed by atoms with Gasteiger partial charge in [0.25, 0.3) is 10.0 Å². The van der Waals surface area contributed by atoms with E-state index in [1.54, 1.807) is 12.1 Å². The maximum absolute atomic E-state index is 12.3. The monoisotopic (exact) mass is 408 g/mol. The zero-order valence-corrected chi connectivity index (χ0v) is 16.5. The normalized spacial score (nSPS) is 10.7. The van der Waals surface area contributed by atoms with Gasteiger partial charge in [0, 0.05) is 12.1 Å². The standard InChI is InChI=1S/C18H20N2O7S/c1-11-5-7-12(8-6-11)28(23,24)20-18(22)19-14-10-16(26-3)15(25-2)9-13(14)17(21)27-4/h5-10H,1-4H3,(H2,19,20,22). The van der Waals surface area contributed by atoms with Gasteiger partial charge in [0.1, 0.15) is 0 Å². The van der Waals surface area contributed by atoms with Crippen molar-refractivity contribution < 1.29 is 32.2 Å². The van der Waals surface area contributed by atoms with Gasteiger partial charge in [-0.25, -0.2) is 22.7 Å². The summed E-state index contributed by atoms with van der Waals surface area (Å²) in [4.78, 5) is 24.2. The van der Waals surface area contributed by atoms with Crippen LogP contribution >= 0.6 is 0 Å². The molecule has 0 aliphatic carbocycles. The predicted octanol–water partition coefficient (Wildman–Crippen LogP) is 2.31. The molecule has 0 aliphatic heterocycles. The minimum absolute atomic E-state index is 0.0129. The second kappa shape index (κ2) is 8.61. The minimum atomic E-state index is -4.10. The Balaban J connectivity index is 2.31. The van der Waals surface area contributed by atoms with Crippen LogP contribution in [0.3, 0.4) is 0 Å². The summed E-state index contributed by atoms with van der Waals surface area (Å²) < 4.78 is 41.5. The molecule has 9 nitrogen and oxygen atoms in total. The second-order valence-electron chi connectivity index (χ2n) is 5.62. The van der Waals surface area contributed by atoms with E-state index in [1.165, 1.54) is 45.6 Å². The van der Waals surface area contributed by atoms with E-state index in [9.17, 15) is 18.0 Å². The molecule has 2 N–H and O–H groups in total. The molecule has 0 aromatic heterocycles. The summed E-state index contributed by atoms with van der Waals surface area (Å²) in [5.74, 6) is -0.286. The van der Waals surface area contributed by atoms with Crippen molar-refractivity contribution in [2.45, 2.75) is 11.8 Å². The average molecular weight is 408 g/mol. The van der Waals surface area contributed by atoms with Gasteiger partial charge in [0.05, 0.1) is 37.5 Å². The number of anilines is 1. The van der Waals surface area contributed by atoms with Gasteiger partial charge in [-0.1, -0.05) is 17.7 Å². The van der Waals surface area contributed by atoms with E-state index in [2.05, 4.69) is 10.1 Å². The molecule has 2 rings (SSSR count). The molecule has 0 atom stereocenters. The highest BCUT2D eigenvalue weighted by Crippen LogP contribution is 2.33. The van der Waals surface area contributed by atoms with Crippen molar-refractivity contribution in [2.24, 2.45) is 0 Å². The summed E-state index contributed by atoms with van der Waals surface area (Å²) in [6.45, 7) is 1.81. The van der Waals surface area contributed by atoms with Crippen LogP contribution in [-0.2, 0) is 14.8 Å². The maximum atomic E-state index is 12.3. The van der Waals surface area contributed by atoms with Crippen LogP contribution in [-0.4, -0.2) is 41.7 Å². The van der Waals surface area contributed by atoms with Crippen molar-refractivity contribution >= 4 is 27.7 Å². The summed E-state index contributed by atoms with van der Waals surface area (Å²) in [5.41, 5.74) is 0.820. The number of hydrogen-bond acceptors (Lipinski definition) is 7. The van der Waals surface area contributed by atoms with Gasteiger partial charge in [0.15, 0.2) is 11.5 Å². The molecule has 0 saturated heterocycles. The number of ether oxygens (including phenoxy) is 3. The number of carbonyl (C=O) groups is 2. The van der Waals surface area contributed by atoms with Gasteiger partial charge in [-0.3, -0.25) is 0 Å². The van der Waals surface area contributed by atoms with E-state index >= 15 is 0 Å². The van der Waals surface area contributed by atoms with Crippen LogP contribution in [0.4, 0.5) is 10.5 Å². The predicted molar refractivity (Wildman–Crippen MR) is 101 cm³/mol. The highest BCUT2D eigenvalue weighted by atomic mass is 32.2. The van der Waals surface area contributed by atoms with Crippen LogP contribution < -0.4 is 19.5 Å². The molecule has 2 aromatic rings. The number of benzene rings is 2. The van der Waals surface area contributed by atoms with Crippen LogP contribution in [0, 0.1) is 6.92 Å². The summed E-state index contributed by atoms with van der Waals surface area (Å²) in [7, 11) is -0.168. The third-order valence-corrected chi connectivity index (χ3v) is 5.08. The Morgan fingerprint density at radius 2 is 1.50 bits per heavy atom. The van der Waals surface area contributed by atoms with Crippen molar-refractivity contribution in [3.05, 3.63) is 47.5 Å². The van der Waals surface area contributed by atoms with Crippen LogP contribution in [0.15, 0.2) is 41.3 Å². The first-order valence-corrected chi connectivity index (χ1v) is 9.45. The molecule has 0 spiro atoms. The first kappa shape index (κ1) is 21.0. The SMILES string of the molecule is COC(=O)c1cc(OC)c(OC)cc1NC(=O)NS(=O)(=O)c1ccc(C)cc1. The van der Waals surface area contributed by atoms with Gasteiger partial charge >= 0.3 is 12.0 Å². The molecule has 2 aromatic carbocycles. The molecular weight excluding hydrogens is 388 g/mol. The van der Waals surface area contributed by atoms with E-state index in [4.69, 9.17) is 9.47 Å². The van der Waals surface area contributed by atoms with Gasteiger partial charge in [0.2, 0.25) is 0 Å². The molecule has 2 amide bonds. The molecule has 0 aliphatic rings. The van der Waals surface area contributed by atoms with Gasteiger partial charge in [-0.05, 0) is 19.1 Å². The van der Waals surface area contributed by atoms with Gasteiger partial charge < -0.3 is 19.5 Å². The Morgan fingerprint density at radius 1 is 0.929 bits per heavy atom. The fourth-order valence-corrected chi connectivity index (χ4v) is 3.21. The number of carbonyl (C=O) groups excluding carboxylic acids is 2.